The quantitative estimate of drug-likeness (QED) is 0.385. The van der Waals surface area contributed by atoms with Gasteiger partial charge in [-0.15, -0.1) is 0 Å². The van der Waals surface area contributed by atoms with Crippen LogP contribution in [0.5, 0.6) is 0 Å². The molecule has 0 unspecified atom stereocenters. The van der Waals surface area contributed by atoms with Crippen molar-refractivity contribution in [3.63, 3.8) is 0 Å². The summed E-state index contributed by atoms with van der Waals surface area (Å²) in [7, 11) is -2.72. The van der Waals surface area contributed by atoms with Gasteiger partial charge in [-0.25, -0.2) is 12.8 Å². The SMILES string of the molecule is CC[C@H](C(=O)NC)N(Cc1ccc(F)cc1)C(=O)CN(c1ccc(C)c(Cl)c1)S(=O)(=O)c1ccc(C)cc1. The van der Waals surface area contributed by atoms with Crippen molar-refractivity contribution in [3.05, 3.63) is 94.3 Å². The lowest BCUT2D eigenvalue weighted by Crippen LogP contribution is -2.51. The number of sulfonamides is 1. The Morgan fingerprint density at radius 1 is 1.00 bits per heavy atom. The minimum atomic E-state index is -4.19. The number of halogens is 2. The van der Waals surface area contributed by atoms with Crippen LogP contribution in [-0.2, 0) is 26.2 Å². The Bertz CT molecular complexity index is 1400. The van der Waals surface area contributed by atoms with Gasteiger partial charge in [0.1, 0.15) is 18.4 Å². The fraction of sp³-hybridized carbons (Fsp3) is 0.286. The summed E-state index contributed by atoms with van der Waals surface area (Å²) < 4.78 is 42.1. The molecule has 1 atom stereocenters. The number of likely N-dealkylation sites (N-methyl/N-ethyl adjacent to an activating group) is 1. The van der Waals surface area contributed by atoms with Crippen molar-refractivity contribution in [1.29, 1.82) is 0 Å². The van der Waals surface area contributed by atoms with Crippen molar-refractivity contribution < 1.29 is 22.4 Å². The Balaban J connectivity index is 2.08. The zero-order valence-electron chi connectivity index (χ0n) is 21.7. The molecule has 0 saturated heterocycles. The van der Waals surface area contributed by atoms with Crippen molar-refractivity contribution in [3.8, 4) is 0 Å². The van der Waals surface area contributed by atoms with Gasteiger partial charge in [0.05, 0.1) is 10.6 Å². The highest BCUT2D eigenvalue weighted by Crippen LogP contribution is 2.29. The zero-order chi connectivity index (χ0) is 28.0. The average molecular weight is 560 g/mol. The molecule has 0 fully saturated rings. The Hall–Kier alpha value is -3.43. The highest BCUT2D eigenvalue weighted by molar-refractivity contribution is 7.92. The second kappa shape index (κ2) is 12.4. The van der Waals surface area contributed by atoms with E-state index in [1.54, 1.807) is 38.1 Å². The highest BCUT2D eigenvalue weighted by Gasteiger charge is 2.33. The number of anilines is 1. The lowest BCUT2D eigenvalue weighted by Gasteiger charge is -2.33. The summed E-state index contributed by atoms with van der Waals surface area (Å²) in [6.07, 6.45) is 0.285. The maximum atomic E-state index is 13.8. The van der Waals surface area contributed by atoms with E-state index in [1.807, 2.05) is 6.92 Å². The number of amides is 2. The van der Waals surface area contributed by atoms with E-state index in [-0.39, 0.29) is 23.5 Å². The third kappa shape index (κ3) is 6.71. The molecule has 202 valence electrons. The first-order chi connectivity index (χ1) is 18.0. The van der Waals surface area contributed by atoms with Crippen LogP contribution in [0.4, 0.5) is 10.1 Å². The Morgan fingerprint density at radius 3 is 2.18 bits per heavy atom. The van der Waals surface area contributed by atoms with Gasteiger partial charge in [0.25, 0.3) is 10.0 Å². The van der Waals surface area contributed by atoms with Gasteiger partial charge in [-0.05, 0) is 67.8 Å². The van der Waals surface area contributed by atoms with Crippen molar-refractivity contribution in [2.45, 2.75) is 44.7 Å². The number of rotatable bonds is 10. The van der Waals surface area contributed by atoms with Crippen LogP contribution in [0, 0.1) is 19.7 Å². The summed E-state index contributed by atoms with van der Waals surface area (Å²) in [5.41, 5.74) is 2.43. The predicted molar refractivity (Wildman–Crippen MR) is 147 cm³/mol. The minimum Gasteiger partial charge on any atom is -0.357 e. The normalized spacial score (nSPS) is 12.1. The number of nitrogens with zero attached hydrogens (tertiary/aromatic N) is 2. The summed E-state index contributed by atoms with van der Waals surface area (Å²) in [6, 6.07) is 15.8. The molecule has 0 aliphatic heterocycles. The smallest absolute Gasteiger partial charge is 0.264 e. The average Bonchev–Trinajstić information content (AvgIpc) is 2.89. The van der Waals surface area contributed by atoms with E-state index < -0.39 is 40.2 Å². The Kier molecular flexibility index (Phi) is 9.51. The molecule has 0 aromatic heterocycles. The topological polar surface area (TPSA) is 86.8 Å². The van der Waals surface area contributed by atoms with Crippen molar-refractivity contribution in [2.75, 3.05) is 17.9 Å². The molecule has 7 nitrogen and oxygen atoms in total. The lowest BCUT2D eigenvalue weighted by atomic mass is 10.1. The van der Waals surface area contributed by atoms with Gasteiger partial charge < -0.3 is 10.2 Å². The number of aryl methyl sites for hydroxylation is 2. The first kappa shape index (κ1) is 29.1. The minimum absolute atomic E-state index is 0.0102. The third-order valence-electron chi connectivity index (χ3n) is 6.23. The van der Waals surface area contributed by atoms with Crippen molar-refractivity contribution in [2.24, 2.45) is 0 Å². The summed E-state index contributed by atoms with van der Waals surface area (Å²) in [4.78, 5) is 27.9. The van der Waals surface area contributed by atoms with Gasteiger partial charge in [0.2, 0.25) is 11.8 Å². The summed E-state index contributed by atoms with van der Waals surface area (Å²) in [5, 5.41) is 2.91. The predicted octanol–water partition coefficient (Wildman–Crippen LogP) is 4.84. The fourth-order valence-electron chi connectivity index (χ4n) is 3.98. The lowest BCUT2D eigenvalue weighted by molar-refractivity contribution is -0.140. The van der Waals surface area contributed by atoms with E-state index in [0.29, 0.717) is 10.6 Å². The molecular weight excluding hydrogens is 529 g/mol. The molecule has 0 saturated carbocycles. The molecule has 3 aromatic carbocycles. The van der Waals surface area contributed by atoms with Crippen LogP contribution in [0.3, 0.4) is 0 Å². The molecule has 0 heterocycles. The molecule has 10 heteroatoms. The van der Waals surface area contributed by atoms with Crippen molar-refractivity contribution >= 4 is 39.1 Å². The van der Waals surface area contributed by atoms with Crippen LogP contribution in [0.2, 0.25) is 5.02 Å². The fourth-order valence-corrected chi connectivity index (χ4v) is 5.56. The zero-order valence-corrected chi connectivity index (χ0v) is 23.3. The van der Waals surface area contributed by atoms with Crippen LogP contribution >= 0.6 is 11.6 Å². The van der Waals surface area contributed by atoms with Crippen LogP contribution in [0.1, 0.15) is 30.0 Å². The molecule has 0 aliphatic carbocycles. The molecule has 3 rings (SSSR count). The molecule has 0 aliphatic rings. The van der Waals surface area contributed by atoms with E-state index >= 15 is 0 Å². The van der Waals surface area contributed by atoms with E-state index in [9.17, 15) is 22.4 Å². The van der Waals surface area contributed by atoms with E-state index in [0.717, 1.165) is 15.4 Å². The number of nitrogens with one attached hydrogen (secondary N) is 1. The van der Waals surface area contributed by atoms with Gasteiger partial charge in [-0.3, -0.25) is 13.9 Å². The summed E-state index contributed by atoms with van der Waals surface area (Å²) in [6.45, 7) is 4.79. The van der Waals surface area contributed by atoms with Gasteiger partial charge >= 0.3 is 0 Å². The number of hydrogen-bond acceptors (Lipinski definition) is 4. The number of carbonyl (C=O) groups is 2. The number of benzene rings is 3. The molecule has 0 spiro atoms. The monoisotopic (exact) mass is 559 g/mol. The molecule has 0 radical (unpaired) electrons. The van der Waals surface area contributed by atoms with Gasteiger partial charge in [-0.2, -0.15) is 0 Å². The standard InChI is InChI=1S/C28H31ClFN3O4S/c1-5-26(28(35)31-4)32(17-21-9-11-22(30)12-10-21)27(34)18-33(23-13-8-20(3)25(29)16-23)38(36,37)24-14-6-19(2)7-15-24/h6-16,26H,5,17-18H2,1-4H3,(H,31,35)/t26-/m1/s1. The Labute approximate surface area is 228 Å². The molecule has 0 bridgehead atoms. The number of hydrogen-bond donors (Lipinski definition) is 1. The van der Waals surface area contributed by atoms with Crippen LogP contribution < -0.4 is 9.62 Å². The molecule has 2 amide bonds. The summed E-state index contributed by atoms with van der Waals surface area (Å²) in [5.74, 6) is -1.43. The van der Waals surface area contributed by atoms with Crippen molar-refractivity contribution in [1.82, 2.24) is 10.2 Å². The molecular formula is C28H31ClFN3O4S. The largest absolute Gasteiger partial charge is 0.357 e. The molecule has 1 N–H and O–H groups in total. The van der Waals surface area contributed by atoms with Crippen LogP contribution in [-0.4, -0.2) is 44.8 Å². The molecule has 3 aromatic rings. The van der Waals surface area contributed by atoms with E-state index in [2.05, 4.69) is 5.32 Å². The maximum absolute atomic E-state index is 13.8. The molecule has 38 heavy (non-hydrogen) atoms. The number of carbonyl (C=O) groups excluding carboxylic acids is 2. The van der Waals surface area contributed by atoms with Gasteiger partial charge in [0.15, 0.2) is 0 Å². The van der Waals surface area contributed by atoms with E-state index in [4.69, 9.17) is 11.6 Å². The van der Waals surface area contributed by atoms with E-state index in [1.165, 1.54) is 54.4 Å². The van der Waals surface area contributed by atoms with Gasteiger partial charge in [-0.1, -0.05) is 54.4 Å². The second-order valence-corrected chi connectivity index (χ2v) is 11.2. The third-order valence-corrected chi connectivity index (χ3v) is 8.43. The summed E-state index contributed by atoms with van der Waals surface area (Å²) >= 11 is 6.33. The Morgan fingerprint density at radius 2 is 1.63 bits per heavy atom. The second-order valence-electron chi connectivity index (χ2n) is 8.94. The first-order valence-electron chi connectivity index (χ1n) is 12.1. The van der Waals surface area contributed by atoms with Crippen LogP contribution in [0.25, 0.3) is 0 Å². The first-order valence-corrected chi connectivity index (χ1v) is 13.9. The highest BCUT2D eigenvalue weighted by atomic mass is 35.5. The van der Waals surface area contributed by atoms with Gasteiger partial charge in [0, 0.05) is 18.6 Å². The maximum Gasteiger partial charge on any atom is 0.264 e. The van der Waals surface area contributed by atoms with Crippen LogP contribution in [0.15, 0.2) is 71.6 Å².